The fraction of sp³-hybridized carbons (Fsp3) is 0.250. The standard InChI is InChI=1S/C20H22N2O3S/c23-20(25-15-17-9-5-2-6-10-17)22-18-11-12-19(13-18)26(24)21-14-16-7-3-1-4-8-16/h1-12,18-19,21H,13-15H2,(H,22,23)/t18-,19+,26?/m1/s1. The number of amides is 1. The molecule has 5 nitrogen and oxygen atoms in total. The van der Waals surface area contributed by atoms with E-state index in [-0.39, 0.29) is 17.9 Å². The van der Waals surface area contributed by atoms with Crippen LogP contribution in [0.25, 0.3) is 0 Å². The van der Waals surface area contributed by atoms with Crippen LogP contribution in [0.15, 0.2) is 72.8 Å². The molecule has 26 heavy (non-hydrogen) atoms. The van der Waals surface area contributed by atoms with Crippen molar-refractivity contribution < 1.29 is 13.7 Å². The van der Waals surface area contributed by atoms with Gasteiger partial charge in [0.15, 0.2) is 0 Å². The molecule has 3 rings (SSSR count). The Balaban J connectivity index is 1.38. The van der Waals surface area contributed by atoms with Crippen molar-refractivity contribution in [3.8, 4) is 0 Å². The summed E-state index contributed by atoms with van der Waals surface area (Å²) in [6.45, 7) is 0.784. The topological polar surface area (TPSA) is 67.4 Å². The van der Waals surface area contributed by atoms with Crippen molar-refractivity contribution in [3.63, 3.8) is 0 Å². The summed E-state index contributed by atoms with van der Waals surface area (Å²) >= 11 is 0. The molecule has 0 spiro atoms. The molecule has 2 aromatic rings. The fourth-order valence-corrected chi connectivity index (χ4v) is 3.84. The lowest BCUT2D eigenvalue weighted by molar-refractivity contribution is 0.137. The first kappa shape index (κ1) is 18.4. The van der Waals surface area contributed by atoms with Gasteiger partial charge in [-0.05, 0) is 17.5 Å². The molecular formula is C20H22N2O3S. The molecular weight excluding hydrogens is 348 g/mol. The van der Waals surface area contributed by atoms with Gasteiger partial charge < -0.3 is 10.1 Å². The maximum Gasteiger partial charge on any atom is 0.407 e. The molecule has 1 aliphatic carbocycles. The van der Waals surface area contributed by atoms with Crippen LogP contribution in [0.4, 0.5) is 4.79 Å². The normalized spacial score (nSPS) is 19.8. The van der Waals surface area contributed by atoms with Crippen molar-refractivity contribution in [3.05, 3.63) is 83.9 Å². The van der Waals surface area contributed by atoms with Crippen LogP contribution >= 0.6 is 0 Å². The van der Waals surface area contributed by atoms with Gasteiger partial charge in [-0.25, -0.2) is 13.7 Å². The summed E-state index contributed by atoms with van der Waals surface area (Å²) in [5.74, 6) is 0. The number of rotatable bonds is 7. The Labute approximate surface area is 156 Å². The maximum absolute atomic E-state index is 12.4. The van der Waals surface area contributed by atoms with E-state index in [1.54, 1.807) is 0 Å². The lowest BCUT2D eigenvalue weighted by Crippen LogP contribution is -2.35. The number of hydrogen-bond donors (Lipinski definition) is 2. The molecule has 0 radical (unpaired) electrons. The number of nitrogens with one attached hydrogen (secondary N) is 2. The van der Waals surface area contributed by atoms with Gasteiger partial charge in [0.1, 0.15) is 6.61 Å². The molecule has 0 aliphatic heterocycles. The zero-order valence-electron chi connectivity index (χ0n) is 14.3. The van der Waals surface area contributed by atoms with Crippen LogP contribution in [0.5, 0.6) is 0 Å². The van der Waals surface area contributed by atoms with Crippen molar-refractivity contribution in [2.75, 3.05) is 0 Å². The first-order chi connectivity index (χ1) is 12.7. The highest BCUT2D eigenvalue weighted by atomic mass is 32.2. The Morgan fingerprint density at radius 3 is 2.35 bits per heavy atom. The third-order valence-electron chi connectivity index (χ3n) is 4.10. The van der Waals surface area contributed by atoms with Gasteiger partial charge in [0.2, 0.25) is 0 Å². The Hall–Kier alpha value is -2.44. The summed E-state index contributed by atoms with van der Waals surface area (Å²) in [5.41, 5.74) is 2.02. The summed E-state index contributed by atoms with van der Waals surface area (Å²) in [5, 5.41) is 2.67. The van der Waals surface area contributed by atoms with Crippen LogP contribution in [0.3, 0.4) is 0 Å². The maximum atomic E-state index is 12.4. The molecule has 2 aromatic carbocycles. The first-order valence-electron chi connectivity index (χ1n) is 8.54. The second kappa shape index (κ2) is 9.31. The molecule has 3 atom stereocenters. The molecule has 0 aromatic heterocycles. The summed E-state index contributed by atoms with van der Waals surface area (Å²) in [7, 11) is -1.19. The van der Waals surface area contributed by atoms with E-state index in [1.807, 2.05) is 72.8 Å². The second-order valence-corrected chi connectivity index (χ2v) is 7.56. The van der Waals surface area contributed by atoms with Gasteiger partial charge in [0, 0.05) is 6.54 Å². The molecule has 6 heteroatoms. The van der Waals surface area contributed by atoms with Crippen LogP contribution in [0.2, 0.25) is 0 Å². The molecule has 0 heterocycles. The van der Waals surface area contributed by atoms with E-state index in [4.69, 9.17) is 4.74 Å². The van der Waals surface area contributed by atoms with E-state index in [0.717, 1.165) is 11.1 Å². The van der Waals surface area contributed by atoms with Gasteiger partial charge in [-0.1, -0.05) is 72.8 Å². The molecule has 0 saturated carbocycles. The minimum absolute atomic E-state index is 0.127. The Bertz CT molecular complexity index is 765. The number of hydrogen-bond acceptors (Lipinski definition) is 3. The summed E-state index contributed by atoms with van der Waals surface area (Å²) in [4.78, 5) is 11.9. The molecule has 0 fully saturated rings. The monoisotopic (exact) mass is 370 g/mol. The van der Waals surface area contributed by atoms with E-state index >= 15 is 0 Å². The first-order valence-corrected chi connectivity index (χ1v) is 9.75. The molecule has 136 valence electrons. The van der Waals surface area contributed by atoms with Crippen molar-refractivity contribution in [2.45, 2.75) is 30.9 Å². The van der Waals surface area contributed by atoms with Crippen LogP contribution in [0.1, 0.15) is 17.5 Å². The van der Waals surface area contributed by atoms with Crippen LogP contribution in [0, 0.1) is 0 Å². The largest absolute Gasteiger partial charge is 0.445 e. The predicted octanol–water partition coefficient (Wildman–Crippen LogP) is 3.06. The van der Waals surface area contributed by atoms with Gasteiger partial charge in [0.25, 0.3) is 0 Å². The van der Waals surface area contributed by atoms with Crippen molar-refractivity contribution in [1.82, 2.24) is 10.0 Å². The molecule has 1 amide bonds. The van der Waals surface area contributed by atoms with Gasteiger partial charge in [-0.2, -0.15) is 0 Å². The van der Waals surface area contributed by atoms with Crippen LogP contribution in [-0.4, -0.2) is 21.6 Å². The number of carbonyl (C=O) groups is 1. The van der Waals surface area contributed by atoms with E-state index < -0.39 is 17.1 Å². The number of ether oxygens (including phenoxy) is 1. The average Bonchev–Trinajstić information content (AvgIpc) is 3.14. The molecule has 2 N–H and O–H groups in total. The summed E-state index contributed by atoms with van der Waals surface area (Å²) in [6, 6.07) is 19.2. The third kappa shape index (κ3) is 5.54. The number of alkyl carbamates (subject to hydrolysis) is 1. The van der Waals surface area contributed by atoms with E-state index in [0.29, 0.717) is 13.0 Å². The quantitative estimate of drug-likeness (QED) is 0.736. The zero-order chi connectivity index (χ0) is 18.2. The van der Waals surface area contributed by atoms with Gasteiger partial charge in [0.05, 0.1) is 22.3 Å². The summed E-state index contributed by atoms with van der Waals surface area (Å²) in [6.07, 6.45) is 3.88. The molecule has 0 bridgehead atoms. The lowest BCUT2D eigenvalue weighted by Gasteiger charge is -2.14. The van der Waals surface area contributed by atoms with Gasteiger partial charge in [-0.15, -0.1) is 0 Å². The van der Waals surface area contributed by atoms with Crippen molar-refractivity contribution in [2.24, 2.45) is 0 Å². The molecule has 0 saturated heterocycles. The Morgan fingerprint density at radius 2 is 1.65 bits per heavy atom. The fourth-order valence-electron chi connectivity index (χ4n) is 2.70. The van der Waals surface area contributed by atoms with Gasteiger partial charge >= 0.3 is 6.09 Å². The van der Waals surface area contributed by atoms with Crippen molar-refractivity contribution in [1.29, 1.82) is 0 Å². The Kier molecular flexibility index (Phi) is 6.57. The highest BCUT2D eigenvalue weighted by Gasteiger charge is 2.25. The SMILES string of the molecule is O=C(N[C@@H]1C=C[C@H](S(=O)NCc2ccccc2)C1)OCc1ccccc1. The third-order valence-corrected chi connectivity index (χ3v) is 5.43. The van der Waals surface area contributed by atoms with Gasteiger partial charge in [-0.3, -0.25) is 0 Å². The van der Waals surface area contributed by atoms with Crippen LogP contribution < -0.4 is 10.0 Å². The Morgan fingerprint density at radius 1 is 1.00 bits per heavy atom. The molecule has 1 aliphatic rings. The zero-order valence-corrected chi connectivity index (χ0v) is 15.2. The second-order valence-electron chi connectivity index (χ2n) is 6.08. The summed E-state index contributed by atoms with van der Waals surface area (Å²) < 4.78 is 20.6. The minimum Gasteiger partial charge on any atom is -0.445 e. The average molecular weight is 370 g/mol. The highest BCUT2D eigenvalue weighted by Crippen LogP contribution is 2.16. The highest BCUT2D eigenvalue weighted by molar-refractivity contribution is 7.83. The predicted molar refractivity (Wildman–Crippen MR) is 103 cm³/mol. The van der Waals surface area contributed by atoms with Crippen molar-refractivity contribution >= 4 is 17.1 Å². The molecule has 1 unspecified atom stereocenters. The minimum atomic E-state index is -1.19. The van der Waals surface area contributed by atoms with E-state index in [2.05, 4.69) is 10.0 Å². The lowest BCUT2D eigenvalue weighted by atomic mass is 10.2. The number of benzene rings is 2. The van der Waals surface area contributed by atoms with E-state index in [1.165, 1.54) is 0 Å². The van der Waals surface area contributed by atoms with Crippen LogP contribution in [-0.2, 0) is 28.9 Å². The number of carbonyl (C=O) groups excluding carboxylic acids is 1. The van der Waals surface area contributed by atoms with E-state index in [9.17, 15) is 9.00 Å². The smallest absolute Gasteiger partial charge is 0.407 e.